The number of allylic oxidation sites excluding steroid dienone is 1. The lowest BCUT2D eigenvalue weighted by atomic mass is 9.89. The van der Waals surface area contributed by atoms with Crippen molar-refractivity contribution in [3.05, 3.63) is 83.8 Å². The van der Waals surface area contributed by atoms with E-state index in [4.69, 9.17) is 9.47 Å². The summed E-state index contributed by atoms with van der Waals surface area (Å²) in [6.45, 7) is 6.25. The van der Waals surface area contributed by atoms with Crippen molar-refractivity contribution in [1.82, 2.24) is 15.5 Å². The quantitative estimate of drug-likeness (QED) is 0.155. The van der Waals surface area contributed by atoms with Gasteiger partial charge >= 0.3 is 6.03 Å². The van der Waals surface area contributed by atoms with Gasteiger partial charge in [-0.3, -0.25) is 24.8 Å². The summed E-state index contributed by atoms with van der Waals surface area (Å²) in [7, 11) is 3.35. The molecule has 0 saturated carbocycles. The Morgan fingerprint density at radius 1 is 1.17 bits per heavy atom. The zero-order valence-corrected chi connectivity index (χ0v) is 20.6. The molecular weight excluding hydrogens is 460 g/mol. The van der Waals surface area contributed by atoms with E-state index in [1.54, 1.807) is 61.0 Å². The third kappa shape index (κ3) is 6.05. The van der Waals surface area contributed by atoms with Crippen molar-refractivity contribution < 1.29 is 23.9 Å². The Balaban J connectivity index is 1.84. The van der Waals surface area contributed by atoms with Crippen LogP contribution in [0.2, 0.25) is 0 Å². The summed E-state index contributed by atoms with van der Waals surface area (Å²) in [6, 6.07) is 11.6. The van der Waals surface area contributed by atoms with E-state index in [1.165, 1.54) is 7.11 Å². The molecule has 188 valence electrons. The predicted molar refractivity (Wildman–Crippen MR) is 137 cm³/mol. The van der Waals surface area contributed by atoms with E-state index in [-0.39, 0.29) is 6.54 Å². The van der Waals surface area contributed by atoms with E-state index in [1.807, 2.05) is 18.9 Å². The maximum atomic E-state index is 13.0. The molecule has 0 bridgehead atoms. The Bertz CT molecular complexity index is 1190. The summed E-state index contributed by atoms with van der Waals surface area (Å²) in [5.74, 6) is 1.12. The molecule has 1 fully saturated rings. The summed E-state index contributed by atoms with van der Waals surface area (Å²) >= 11 is 0. The first-order chi connectivity index (χ1) is 17.3. The van der Waals surface area contributed by atoms with Crippen LogP contribution in [0.15, 0.2) is 72.1 Å². The Morgan fingerprint density at radius 3 is 2.47 bits per heavy atom. The molecular formula is C27H30N4O5. The van der Waals surface area contributed by atoms with Crippen LogP contribution in [0.4, 0.5) is 4.79 Å². The Labute approximate surface area is 210 Å². The molecule has 2 aromatic rings. The molecule has 1 aliphatic heterocycles. The van der Waals surface area contributed by atoms with Gasteiger partial charge in [0.05, 0.1) is 13.3 Å². The second-order valence-electron chi connectivity index (χ2n) is 8.27. The standard InChI is InChI=1S/C27H30N4O5/c1-5-13-28-15-22(6-2)36-23-11-8-21(9-12-23)27(25(33)29-26(34)30-27)18-31(3)16-19-7-10-24(35-4)14-20(19)17-32/h6-15,17H,2,5,16,18H2,1,3-4H3,(H2,29,30,33,34)/b22-15+,28-13?/t27-/m0/s1. The number of hydrogen-bond donors (Lipinski definition) is 2. The number of carbonyl (C=O) groups excluding carboxylic acids is 3. The highest BCUT2D eigenvalue weighted by Gasteiger charge is 2.48. The zero-order valence-electron chi connectivity index (χ0n) is 20.6. The van der Waals surface area contributed by atoms with Crippen molar-refractivity contribution in [2.24, 2.45) is 4.99 Å². The van der Waals surface area contributed by atoms with Crippen LogP contribution in [0.1, 0.15) is 34.8 Å². The lowest BCUT2D eigenvalue weighted by Crippen LogP contribution is -2.51. The second kappa shape index (κ2) is 11.9. The molecule has 0 radical (unpaired) electrons. The van der Waals surface area contributed by atoms with Gasteiger partial charge in [0.2, 0.25) is 0 Å². The van der Waals surface area contributed by atoms with Gasteiger partial charge in [-0.1, -0.05) is 31.7 Å². The summed E-state index contributed by atoms with van der Waals surface area (Å²) in [5.41, 5.74) is 0.529. The Hall–Kier alpha value is -4.24. The predicted octanol–water partition coefficient (Wildman–Crippen LogP) is 3.56. The van der Waals surface area contributed by atoms with Crippen molar-refractivity contribution >= 4 is 24.4 Å². The molecule has 0 unspecified atom stereocenters. The summed E-state index contributed by atoms with van der Waals surface area (Å²) in [6.07, 6.45) is 6.44. The van der Waals surface area contributed by atoms with Crippen molar-refractivity contribution in [2.45, 2.75) is 25.4 Å². The van der Waals surface area contributed by atoms with Gasteiger partial charge in [-0.15, -0.1) is 0 Å². The highest BCUT2D eigenvalue weighted by Crippen LogP contribution is 2.29. The monoisotopic (exact) mass is 490 g/mol. The van der Waals surface area contributed by atoms with Gasteiger partial charge in [0, 0.05) is 24.9 Å². The van der Waals surface area contributed by atoms with Gasteiger partial charge in [0.15, 0.2) is 11.8 Å². The molecule has 2 aromatic carbocycles. The second-order valence-corrected chi connectivity index (χ2v) is 8.27. The van der Waals surface area contributed by atoms with Gasteiger partial charge in [0.1, 0.15) is 17.3 Å². The molecule has 0 spiro atoms. The average molecular weight is 491 g/mol. The fraction of sp³-hybridized carbons (Fsp3) is 0.259. The largest absolute Gasteiger partial charge is 0.497 e. The number of nitrogens with one attached hydrogen (secondary N) is 2. The first-order valence-electron chi connectivity index (χ1n) is 11.4. The van der Waals surface area contributed by atoms with Gasteiger partial charge in [-0.25, -0.2) is 4.79 Å². The van der Waals surface area contributed by atoms with E-state index in [0.29, 0.717) is 34.9 Å². The average Bonchev–Trinajstić information content (AvgIpc) is 3.16. The number of carbonyl (C=O) groups is 3. The Kier molecular flexibility index (Phi) is 8.75. The number of methoxy groups -OCH3 is 1. The number of aldehydes is 1. The van der Waals surface area contributed by atoms with Crippen molar-refractivity contribution in [3.8, 4) is 11.5 Å². The van der Waals surface area contributed by atoms with E-state index < -0.39 is 17.5 Å². The van der Waals surface area contributed by atoms with E-state index >= 15 is 0 Å². The van der Waals surface area contributed by atoms with E-state index in [2.05, 4.69) is 22.2 Å². The number of ether oxygens (including phenoxy) is 2. The number of aliphatic imine (C=N–C) groups is 1. The molecule has 1 heterocycles. The third-order valence-corrected chi connectivity index (χ3v) is 5.64. The maximum Gasteiger partial charge on any atom is 0.322 e. The molecule has 2 N–H and O–H groups in total. The molecule has 9 heteroatoms. The fourth-order valence-corrected chi connectivity index (χ4v) is 3.90. The number of imide groups is 1. The number of rotatable bonds is 12. The van der Waals surface area contributed by atoms with Crippen LogP contribution in [0.3, 0.4) is 0 Å². The molecule has 36 heavy (non-hydrogen) atoms. The fourth-order valence-electron chi connectivity index (χ4n) is 3.90. The van der Waals surface area contributed by atoms with Gasteiger partial charge in [0.25, 0.3) is 5.91 Å². The van der Waals surface area contributed by atoms with Gasteiger partial charge < -0.3 is 14.8 Å². The topological polar surface area (TPSA) is 109 Å². The molecule has 1 saturated heterocycles. The van der Waals surface area contributed by atoms with Crippen molar-refractivity contribution in [1.29, 1.82) is 0 Å². The third-order valence-electron chi connectivity index (χ3n) is 5.64. The van der Waals surface area contributed by atoms with Crippen LogP contribution in [0.25, 0.3) is 0 Å². The molecule has 1 aliphatic rings. The summed E-state index contributed by atoms with van der Waals surface area (Å²) < 4.78 is 11.0. The minimum absolute atomic E-state index is 0.165. The SMILES string of the molecule is C=C/C(=C\N=CCC)Oc1ccc([C@]2(CN(C)Cc3ccc(OC)cc3C=O)NC(=O)NC2=O)cc1. The normalized spacial score (nSPS) is 17.7. The number of nitrogens with zero attached hydrogens (tertiary/aromatic N) is 2. The van der Waals surface area contributed by atoms with E-state index in [9.17, 15) is 14.4 Å². The van der Waals surface area contributed by atoms with Crippen molar-refractivity contribution in [3.63, 3.8) is 0 Å². The summed E-state index contributed by atoms with van der Waals surface area (Å²) in [4.78, 5) is 42.7. The maximum absolute atomic E-state index is 13.0. The van der Waals surface area contributed by atoms with Crippen LogP contribution in [-0.2, 0) is 16.9 Å². The number of urea groups is 1. The number of benzene rings is 2. The molecule has 0 aliphatic carbocycles. The van der Waals surface area contributed by atoms with E-state index in [0.717, 1.165) is 18.3 Å². The van der Waals surface area contributed by atoms with Crippen LogP contribution in [0, 0.1) is 0 Å². The minimum atomic E-state index is -1.32. The number of amides is 3. The molecule has 0 aromatic heterocycles. The van der Waals surface area contributed by atoms with Crippen molar-refractivity contribution in [2.75, 3.05) is 20.7 Å². The van der Waals surface area contributed by atoms with Gasteiger partial charge in [-0.2, -0.15) is 0 Å². The van der Waals surface area contributed by atoms with Crippen LogP contribution in [0.5, 0.6) is 11.5 Å². The van der Waals surface area contributed by atoms with Crippen LogP contribution < -0.4 is 20.1 Å². The highest BCUT2D eigenvalue weighted by atomic mass is 16.5. The molecule has 3 amide bonds. The Morgan fingerprint density at radius 2 is 1.89 bits per heavy atom. The van der Waals surface area contributed by atoms with Crippen LogP contribution in [-0.4, -0.2) is 50.0 Å². The molecule has 1 atom stereocenters. The molecule has 3 rings (SSSR count). The summed E-state index contributed by atoms with van der Waals surface area (Å²) in [5, 5.41) is 5.12. The first-order valence-corrected chi connectivity index (χ1v) is 11.4. The number of hydrogen-bond acceptors (Lipinski definition) is 7. The lowest BCUT2D eigenvalue weighted by molar-refractivity contribution is -0.125. The smallest absolute Gasteiger partial charge is 0.322 e. The minimum Gasteiger partial charge on any atom is -0.497 e. The lowest BCUT2D eigenvalue weighted by Gasteiger charge is -2.31. The number of likely N-dealkylation sites (N-methyl/N-ethyl adjacent to an activating group) is 1. The first kappa shape index (κ1) is 26.4. The highest BCUT2D eigenvalue weighted by molar-refractivity contribution is 6.07. The van der Waals surface area contributed by atoms with Crippen LogP contribution >= 0.6 is 0 Å². The molecule has 9 nitrogen and oxygen atoms in total. The zero-order chi connectivity index (χ0) is 26.1. The van der Waals surface area contributed by atoms with Gasteiger partial charge in [-0.05, 0) is 54.9 Å².